The lowest BCUT2D eigenvalue weighted by Crippen LogP contribution is -2.24. The maximum absolute atomic E-state index is 12.7. The third-order valence-corrected chi connectivity index (χ3v) is 6.06. The lowest BCUT2D eigenvalue weighted by atomic mass is 9.87. The standard InChI is InChI=1S/C18H18N2OS2/c19-10-4-11-22-17-7-2-1-6-15(17)20-18(21)14-5-3-8-16-13(14)9-12-23-16/h1-2,6-7,9,12,14H,3-5,8,11H2,(H,20,21)/t14-/m1/s1. The first-order valence-electron chi connectivity index (χ1n) is 7.75. The number of carbonyl (C=O) groups excluding carboxylic acids is 1. The number of para-hydroxylation sites is 1. The average molecular weight is 342 g/mol. The molecule has 118 valence electrons. The molecule has 1 amide bonds. The molecule has 0 saturated heterocycles. The quantitative estimate of drug-likeness (QED) is 0.626. The fourth-order valence-electron chi connectivity index (χ4n) is 2.88. The number of carbonyl (C=O) groups is 1. The number of aryl methyl sites for hydroxylation is 1. The molecule has 0 aliphatic heterocycles. The van der Waals surface area contributed by atoms with E-state index in [9.17, 15) is 4.79 Å². The number of fused-ring (bicyclic) bond motifs is 1. The highest BCUT2D eigenvalue weighted by Crippen LogP contribution is 2.36. The minimum atomic E-state index is -0.0397. The molecule has 0 bridgehead atoms. The molecule has 1 aromatic heterocycles. The van der Waals surface area contributed by atoms with Gasteiger partial charge in [0, 0.05) is 21.9 Å². The number of nitriles is 1. The van der Waals surface area contributed by atoms with Crippen LogP contribution in [0.25, 0.3) is 0 Å². The van der Waals surface area contributed by atoms with Gasteiger partial charge in [-0.2, -0.15) is 5.26 Å². The van der Waals surface area contributed by atoms with E-state index in [-0.39, 0.29) is 11.8 Å². The SMILES string of the molecule is N#CCCSc1ccccc1NC(=O)[C@@H]1CCCc2sccc21. The van der Waals surface area contributed by atoms with E-state index in [1.807, 2.05) is 24.3 Å². The Morgan fingerprint density at radius 2 is 2.26 bits per heavy atom. The molecular weight excluding hydrogens is 324 g/mol. The van der Waals surface area contributed by atoms with Crippen molar-refractivity contribution >= 4 is 34.7 Å². The minimum absolute atomic E-state index is 0.0397. The zero-order valence-electron chi connectivity index (χ0n) is 12.7. The number of nitrogens with zero attached hydrogens (tertiary/aromatic N) is 1. The Morgan fingerprint density at radius 3 is 3.13 bits per heavy atom. The molecule has 0 fully saturated rings. The van der Waals surface area contributed by atoms with Gasteiger partial charge < -0.3 is 5.32 Å². The molecule has 0 saturated carbocycles. The zero-order chi connectivity index (χ0) is 16.1. The lowest BCUT2D eigenvalue weighted by molar-refractivity contribution is -0.117. The van der Waals surface area contributed by atoms with Crippen LogP contribution in [0.2, 0.25) is 0 Å². The number of hydrogen-bond donors (Lipinski definition) is 1. The highest BCUT2D eigenvalue weighted by molar-refractivity contribution is 7.99. The number of amides is 1. The largest absolute Gasteiger partial charge is 0.325 e. The molecule has 1 N–H and O–H groups in total. The number of hydrogen-bond acceptors (Lipinski definition) is 4. The van der Waals surface area contributed by atoms with Crippen molar-refractivity contribution in [1.82, 2.24) is 0 Å². The molecule has 1 aliphatic carbocycles. The van der Waals surface area contributed by atoms with E-state index in [4.69, 9.17) is 5.26 Å². The van der Waals surface area contributed by atoms with Gasteiger partial charge in [-0.15, -0.1) is 23.1 Å². The Labute approximate surface area is 144 Å². The number of rotatable bonds is 5. The molecular formula is C18H18N2OS2. The van der Waals surface area contributed by atoms with Crippen molar-refractivity contribution in [2.75, 3.05) is 11.1 Å². The van der Waals surface area contributed by atoms with Gasteiger partial charge in [0.25, 0.3) is 0 Å². The minimum Gasteiger partial charge on any atom is -0.325 e. The van der Waals surface area contributed by atoms with E-state index in [1.54, 1.807) is 23.1 Å². The van der Waals surface area contributed by atoms with E-state index in [0.29, 0.717) is 6.42 Å². The van der Waals surface area contributed by atoms with Gasteiger partial charge in [-0.3, -0.25) is 4.79 Å². The van der Waals surface area contributed by atoms with Crippen molar-refractivity contribution in [2.45, 2.75) is 36.5 Å². The van der Waals surface area contributed by atoms with E-state index < -0.39 is 0 Å². The van der Waals surface area contributed by atoms with Crippen LogP contribution in [0.1, 0.15) is 35.6 Å². The summed E-state index contributed by atoms with van der Waals surface area (Å²) in [5.41, 5.74) is 2.05. The Balaban J connectivity index is 1.73. The Bertz CT molecular complexity index is 733. The van der Waals surface area contributed by atoms with Crippen molar-refractivity contribution < 1.29 is 4.79 Å². The second kappa shape index (κ2) is 7.67. The number of thioether (sulfide) groups is 1. The van der Waals surface area contributed by atoms with Crippen LogP contribution >= 0.6 is 23.1 Å². The van der Waals surface area contributed by atoms with Gasteiger partial charge >= 0.3 is 0 Å². The van der Waals surface area contributed by atoms with Gasteiger partial charge in [-0.25, -0.2) is 0 Å². The van der Waals surface area contributed by atoms with E-state index in [2.05, 4.69) is 22.8 Å². The lowest BCUT2D eigenvalue weighted by Gasteiger charge is -2.22. The molecule has 5 heteroatoms. The fraction of sp³-hybridized carbons (Fsp3) is 0.333. The van der Waals surface area contributed by atoms with Crippen molar-refractivity contribution in [3.05, 3.63) is 46.2 Å². The summed E-state index contributed by atoms with van der Waals surface area (Å²) in [6.45, 7) is 0. The third kappa shape index (κ3) is 3.77. The molecule has 1 aromatic carbocycles. The number of benzene rings is 1. The van der Waals surface area contributed by atoms with E-state index in [1.165, 1.54) is 10.4 Å². The molecule has 0 unspecified atom stereocenters. The molecule has 1 heterocycles. The van der Waals surface area contributed by atoms with Crippen molar-refractivity contribution in [2.24, 2.45) is 0 Å². The zero-order valence-corrected chi connectivity index (χ0v) is 14.4. The fourth-order valence-corrected chi connectivity index (χ4v) is 4.73. The number of nitrogens with one attached hydrogen (secondary N) is 1. The first-order valence-corrected chi connectivity index (χ1v) is 9.62. The molecule has 0 spiro atoms. The highest BCUT2D eigenvalue weighted by Gasteiger charge is 2.27. The van der Waals surface area contributed by atoms with E-state index in [0.717, 1.165) is 35.6 Å². The summed E-state index contributed by atoms with van der Waals surface area (Å²) >= 11 is 3.37. The summed E-state index contributed by atoms with van der Waals surface area (Å²) in [5.74, 6) is 0.779. The molecule has 1 atom stereocenters. The van der Waals surface area contributed by atoms with Crippen molar-refractivity contribution in [3.63, 3.8) is 0 Å². The Morgan fingerprint density at radius 1 is 1.39 bits per heavy atom. The molecule has 0 radical (unpaired) electrons. The third-order valence-electron chi connectivity index (χ3n) is 3.98. The molecule has 2 aromatic rings. The van der Waals surface area contributed by atoms with Gasteiger partial charge in [0.1, 0.15) is 0 Å². The molecule has 1 aliphatic rings. The summed E-state index contributed by atoms with van der Waals surface area (Å²) in [5, 5.41) is 13.9. The molecule has 3 nitrogen and oxygen atoms in total. The van der Waals surface area contributed by atoms with Crippen LogP contribution in [-0.4, -0.2) is 11.7 Å². The van der Waals surface area contributed by atoms with Gasteiger partial charge in [-0.05, 0) is 48.4 Å². The van der Waals surface area contributed by atoms with Crippen LogP contribution in [0, 0.1) is 11.3 Å². The Kier molecular flexibility index (Phi) is 5.37. The van der Waals surface area contributed by atoms with Crippen LogP contribution in [0.3, 0.4) is 0 Å². The van der Waals surface area contributed by atoms with Crippen LogP contribution in [0.4, 0.5) is 5.69 Å². The van der Waals surface area contributed by atoms with Gasteiger partial charge in [0.2, 0.25) is 5.91 Å². The van der Waals surface area contributed by atoms with Gasteiger partial charge in [-0.1, -0.05) is 12.1 Å². The highest BCUT2D eigenvalue weighted by atomic mass is 32.2. The first kappa shape index (κ1) is 16.1. The summed E-state index contributed by atoms with van der Waals surface area (Å²) in [4.78, 5) is 15.1. The van der Waals surface area contributed by atoms with Crippen LogP contribution in [0.15, 0.2) is 40.6 Å². The normalized spacial score (nSPS) is 16.4. The van der Waals surface area contributed by atoms with Crippen molar-refractivity contribution in [1.29, 1.82) is 5.26 Å². The first-order chi connectivity index (χ1) is 11.3. The van der Waals surface area contributed by atoms with Crippen LogP contribution in [0.5, 0.6) is 0 Å². The van der Waals surface area contributed by atoms with E-state index >= 15 is 0 Å². The maximum Gasteiger partial charge on any atom is 0.231 e. The average Bonchev–Trinajstić information content (AvgIpc) is 3.05. The van der Waals surface area contributed by atoms with Gasteiger partial charge in [0.15, 0.2) is 0 Å². The van der Waals surface area contributed by atoms with Gasteiger partial charge in [0.05, 0.1) is 17.7 Å². The number of anilines is 1. The predicted molar refractivity (Wildman–Crippen MR) is 96.0 cm³/mol. The second-order valence-electron chi connectivity index (χ2n) is 5.49. The van der Waals surface area contributed by atoms with Crippen LogP contribution in [-0.2, 0) is 11.2 Å². The van der Waals surface area contributed by atoms with Crippen molar-refractivity contribution in [3.8, 4) is 6.07 Å². The van der Waals surface area contributed by atoms with Crippen LogP contribution < -0.4 is 5.32 Å². The smallest absolute Gasteiger partial charge is 0.231 e. The Hall–Kier alpha value is -1.77. The second-order valence-corrected chi connectivity index (χ2v) is 7.62. The molecule has 3 rings (SSSR count). The summed E-state index contributed by atoms with van der Waals surface area (Å²) in [6, 6.07) is 12.1. The predicted octanol–water partition coefficient (Wildman–Crippen LogP) is 4.81. The topological polar surface area (TPSA) is 52.9 Å². The maximum atomic E-state index is 12.7. The monoisotopic (exact) mass is 342 g/mol. The summed E-state index contributed by atoms with van der Waals surface area (Å²) in [6.07, 6.45) is 3.59. The number of thiophene rings is 1. The summed E-state index contributed by atoms with van der Waals surface area (Å²) < 4.78 is 0. The molecule has 23 heavy (non-hydrogen) atoms. The summed E-state index contributed by atoms with van der Waals surface area (Å²) in [7, 11) is 0.